The zero-order chi connectivity index (χ0) is 11.3. The molecule has 0 aromatic heterocycles. The Hall–Kier alpha value is -1.08. The molecule has 0 amide bonds. The first-order valence-electron chi connectivity index (χ1n) is 6.13. The number of hydrogen-bond donors (Lipinski definition) is 1. The monoisotopic (exact) mass is 213 g/mol. The fraction of sp³-hybridized carbons (Fsp3) is 0.467. The van der Waals surface area contributed by atoms with E-state index >= 15 is 0 Å². The van der Waals surface area contributed by atoms with Crippen molar-refractivity contribution in [2.75, 3.05) is 0 Å². The Morgan fingerprint density at radius 3 is 2.75 bits per heavy atom. The van der Waals surface area contributed by atoms with E-state index in [1.54, 1.807) is 0 Å². The van der Waals surface area contributed by atoms with E-state index < -0.39 is 0 Å². The number of nitrogens with two attached hydrogens (primary N) is 1. The SMILES string of the molecule is CC1(C)C2CC=CC=C2C2=CC=CC(N)C21. The summed E-state index contributed by atoms with van der Waals surface area (Å²) in [7, 11) is 0. The Balaban J connectivity index is 2.15. The molecule has 3 unspecified atom stereocenters. The van der Waals surface area contributed by atoms with E-state index in [1.165, 1.54) is 17.6 Å². The van der Waals surface area contributed by atoms with Gasteiger partial charge in [0.2, 0.25) is 0 Å². The van der Waals surface area contributed by atoms with Crippen LogP contribution in [0.2, 0.25) is 0 Å². The lowest BCUT2D eigenvalue weighted by Crippen LogP contribution is -2.39. The Labute approximate surface area is 97.4 Å². The Bertz CT molecular complexity index is 434. The highest BCUT2D eigenvalue weighted by Gasteiger charge is 2.50. The van der Waals surface area contributed by atoms with Gasteiger partial charge < -0.3 is 5.73 Å². The summed E-state index contributed by atoms with van der Waals surface area (Å²) in [4.78, 5) is 0. The quantitative estimate of drug-likeness (QED) is 0.657. The van der Waals surface area contributed by atoms with E-state index in [0.717, 1.165) is 0 Å². The molecule has 0 spiro atoms. The van der Waals surface area contributed by atoms with Crippen LogP contribution >= 0.6 is 0 Å². The van der Waals surface area contributed by atoms with Gasteiger partial charge in [0.25, 0.3) is 0 Å². The van der Waals surface area contributed by atoms with Gasteiger partial charge in [-0.05, 0) is 28.9 Å². The first-order chi connectivity index (χ1) is 7.62. The van der Waals surface area contributed by atoms with Crippen LogP contribution in [0, 0.1) is 17.3 Å². The molecule has 3 aliphatic rings. The highest BCUT2D eigenvalue weighted by molar-refractivity contribution is 5.51. The Morgan fingerprint density at radius 2 is 1.94 bits per heavy atom. The second-order valence-electron chi connectivity index (χ2n) is 5.72. The number of allylic oxidation sites excluding steroid dienone is 6. The topological polar surface area (TPSA) is 26.0 Å². The van der Waals surface area contributed by atoms with Gasteiger partial charge in [-0.1, -0.05) is 50.3 Å². The molecular weight excluding hydrogens is 194 g/mol. The lowest BCUT2D eigenvalue weighted by Gasteiger charge is -2.36. The molecule has 1 heteroatoms. The predicted molar refractivity (Wildman–Crippen MR) is 67.8 cm³/mol. The molecule has 3 atom stereocenters. The van der Waals surface area contributed by atoms with E-state index in [4.69, 9.17) is 5.73 Å². The van der Waals surface area contributed by atoms with Gasteiger partial charge in [-0.25, -0.2) is 0 Å². The molecule has 1 saturated carbocycles. The van der Waals surface area contributed by atoms with Crippen LogP contribution < -0.4 is 5.73 Å². The van der Waals surface area contributed by atoms with Crippen molar-refractivity contribution in [3.8, 4) is 0 Å². The zero-order valence-corrected chi connectivity index (χ0v) is 9.98. The third-order valence-electron chi connectivity index (χ3n) is 4.52. The predicted octanol–water partition coefficient (Wildman–Crippen LogP) is 2.97. The van der Waals surface area contributed by atoms with Crippen molar-refractivity contribution in [2.45, 2.75) is 26.3 Å². The molecule has 0 aromatic carbocycles. The second kappa shape index (κ2) is 3.21. The third kappa shape index (κ3) is 1.15. The number of rotatable bonds is 0. The van der Waals surface area contributed by atoms with Crippen molar-refractivity contribution >= 4 is 0 Å². The van der Waals surface area contributed by atoms with E-state index in [1.807, 2.05) is 0 Å². The molecule has 84 valence electrons. The van der Waals surface area contributed by atoms with Gasteiger partial charge in [-0.2, -0.15) is 0 Å². The molecule has 0 heterocycles. The average Bonchev–Trinajstić information content (AvgIpc) is 2.50. The van der Waals surface area contributed by atoms with Crippen molar-refractivity contribution < 1.29 is 0 Å². The van der Waals surface area contributed by atoms with Gasteiger partial charge in [0.1, 0.15) is 0 Å². The molecule has 0 radical (unpaired) electrons. The van der Waals surface area contributed by atoms with Crippen molar-refractivity contribution in [1.29, 1.82) is 0 Å². The van der Waals surface area contributed by atoms with E-state index in [9.17, 15) is 0 Å². The van der Waals surface area contributed by atoms with Crippen molar-refractivity contribution in [1.82, 2.24) is 0 Å². The van der Waals surface area contributed by atoms with Crippen LogP contribution in [0.1, 0.15) is 20.3 Å². The lowest BCUT2D eigenvalue weighted by molar-refractivity contribution is 0.194. The summed E-state index contributed by atoms with van der Waals surface area (Å²) >= 11 is 0. The minimum Gasteiger partial charge on any atom is -0.324 e. The molecule has 0 saturated heterocycles. The van der Waals surface area contributed by atoms with E-state index in [0.29, 0.717) is 11.8 Å². The van der Waals surface area contributed by atoms with Crippen molar-refractivity contribution in [3.63, 3.8) is 0 Å². The Kier molecular flexibility index (Phi) is 2.02. The van der Waals surface area contributed by atoms with Gasteiger partial charge in [-0.15, -0.1) is 0 Å². The molecule has 16 heavy (non-hydrogen) atoms. The molecule has 3 aliphatic carbocycles. The Morgan fingerprint density at radius 1 is 1.19 bits per heavy atom. The first-order valence-corrected chi connectivity index (χ1v) is 6.13. The summed E-state index contributed by atoms with van der Waals surface area (Å²) in [6, 6.07) is 0.182. The summed E-state index contributed by atoms with van der Waals surface area (Å²) in [6.07, 6.45) is 14.4. The highest BCUT2D eigenvalue weighted by Crippen LogP contribution is 2.57. The maximum absolute atomic E-state index is 6.27. The maximum Gasteiger partial charge on any atom is 0.0302 e. The van der Waals surface area contributed by atoms with Gasteiger partial charge in [-0.3, -0.25) is 0 Å². The van der Waals surface area contributed by atoms with Gasteiger partial charge >= 0.3 is 0 Å². The lowest BCUT2D eigenvalue weighted by atomic mass is 9.70. The molecule has 0 aliphatic heterocycles. The molecule has 3 rings (SSSR count). The first kappa shape index (κ1) is 10.1. The van der Waals surface area contributed by atoms with E-state index in [-0.39, 0.29) is 11.5 Å². The maximum atomic E-state index is 6.27. The fourth-order valence-electron chi connectivity index (χ4n) is 3.73. The summed E-state index contributed by atoms with van der Waals surface area (Å²) in [5, 5.41) is 0. The molecule has 0 bridgehead atoms. The normalized spacial score (nSPS) is 38.8. The number of fused-ring (bicyclic) bond motifs is 3. The largest absolute Gasteiger partial charge is 0.324 e. The summed E-state index contributed by atoms with van der Waals surface area (Å²) in [5.74, 6) is 1.15. The summed E-state index contributed by atoms with van der Waals surface area (Å²) in [5.41, 5.74) is 9.57. The molecule has 0 aromatic rings. The van der Waals surface area contributed by atoms with Crippen molar-refractivity contribution in [2.24, 2.45) is 23.0 Å². The minimum atomic E-state index is 0.182. The molecule has 1 nitrogen and oxygen atoms in total. The van der Waals surface area contributed by atoms with Crippen LogP contribution in [-0.4, -0.2) is 6.04 Å². The van der Waals surface area contributed by atoms with Gasteiger partial charge in [0, 0.05) is 12.0 Å². The number of hydrogen-bond acceptors (Lipinski definition) is 1. The second-order valence-corrected chi connectivity index (χ2v) is 5.72. The van der Waals surface area contributed by atoms with Crippen LogP contribution in [0.25, 0.3) is 0 Å². The average molecular weight is 213 g/mol. The third-order valence-corrected chi connectivity index (χ3v) is 4.52. The minimum absolute atomic E-state index is 0.182. The fourth-order valence-corrected chi connectivity index (χ4v) is 3.73. The van der Waals surface area contributed by atoms with Crippen molar-refractivity contribution in [3.05, 3.63) is 47.6 Å². The van der Waals surface area contributed by atoms with E-state index in [2.05, 4.69) is 50.3 Å². The molecule has 1 fully saturated rings. The highest BCUT2D eigenvalue weighted by atomic mass is 14.7. The van der Waals surface area contributed by atoms with Crippen LogP contribution in [0.15, 0.2) is 47.6 Å². The zero-order valence-electron chi connectivity index (χ0n) is 9.98. The van der Waals surface area contributed by atoms with Crippen LogP contribution in [0.3, 0.4) is 0 Å². The van der Waals surface area contributed by atoms with Gasteiger partial charge in [0.15, 0.2) is 0 Å². The molecular formula is C15H19N. The van der Waals surface area contributed by atoms with Gasteiger partial charge in [0.05, 0.1) is 0 Å². The van der Waals surface area contributed by atoms with Crippen LogP contribution in [0.4, 0.5) is 0 Å². The van der Waals surface area contributed by atoms with Crippen LogP contribution in [0.5, 0.6) is 0 Å². The molecule has 2 N–H and O–H groups in total. The standard InChI is InChI=1S/C15H19N/c1-15(2)12-8-4-3-6-10(12)11-7-5-9-13(16)14(11)15/h3-7,9,12-14H,8,16H2,1-2H3. The summed E-state index contributed by atoms with van der Waals surface area (Å²) < 4.78 is 0. The summed E-state index contributed by atoms with van der Waals surface area (Å²) in [6.45, 7) is 4.74. The van der Waals surface area contributed by atoms with Crippen LogP contribution in [-0.2, 0) is 0 Å². The smallest absolute Gasteiger partial charge is 0.0302 e.